The molecule has 1 aliphatic carbocycles. The average Bonchev–Trinajstić information content (AvgIpc) is 3.21. The Balaban J connectivity index is 1.46. The van der Waals surface area contributed by atoms with Crippen LogP contribution in [0.4, 0.5) is 5.82 Å². The maximum atomic E-state index is 13.6. The van der Waals surface area contributed by atoms with E-state index in [9.17, 15) is 19.2 Å². The van der Waals surface area contributed by atoms with Gasteiger partial charge in [-0.3, -0.25) is 18.7 Å². The molecular formula is C30H23N3O5. The first kappa shape index (κ1) is 23.5. The van der Waals surface area contributed by atoms with Gasteiger partial charge in [0, 0.05) is 31.1 Å². The second-order valence-electron chi connectivity index (χ2n) is 9.63. The predicted molar refractivity (Wildman–Crippen MR) is 142 cm³/mol. The van der Waals surface area contributed by atoms with E-state index in [1.54, 1.807) is 61.6 Å². The number of carbonyl (C=O) groups excluding carboxylic acids is 2. The Hall–Kier alpha value is -4.85. The van der Waals surface area contributed by atoms with Gasteiger partial charge in [0.25, 0.3) is 5.56 Å². The van der Waals surface area contributed by atoms with Gasteiger partial charge in [-0.05, 0) is 36.8 Å². The number of aliphatic imine (C=N–C) groups is 1. The van der Waals surface area contributed by atoms with E-state index in [-0.39, 0.29) is 17.2 Å². The average molecular weight is 506 g/mol. The molecular weight excluding hydrogens is 482 g/mol. The fourth-order valence-electron chi connectivity index (χ4n) is 5.41. The zero-order valence-electron chi connectivity index (χ0n) is 21.0. The van der Waals surface area contributed by atoms with Gasteiger partial charge in [0.05, 0.1) is 22.8 Å². The highest BCUT2D eigenvalue weighted by molar-refractivity contribution is 6.30. The molecule has 2 aliphatic rings. The van der Waals surface area contributed by atoms with Crippen LogP contribution in [0, 0.1) is 12.8 Å². The number of hydrogen-bond acceptors (Lipinski definition) is 6. The standard InChI is InChI=1S/C30H23N3O5/c1-16-7-6-8-18(15-16)29(36)38-19-13-11-17(12-14-19)22-23-25(20-9-4-5-10-21(20)26(23)34)31-27-24(22)28(35)33(3)30(37)32(27)2/h4-15,22-23H,1-3H3. The third-order valence-electron chi connectivity index (χ3n) is 7.29. The first-order valence-corrected chi connectivity index (χ1v) is 12.2. The van der Waals surface area contributed by atoms with Crippen LogP contribution in [-0.2, 0) is 14.1 Å². The van der Waals surface area contributed by atoms with Gasteiger partial charge in [0.2, 0.25) is 0 Å². The molecule has 0 N–H and O–H groups in total. The molecule has 0 saturated heterocycles. The summed E-state index contributed by atoms with van der Waals surface area (Å²) in [6, 6.07) is 21.1. The number of ketones is 1. The number of aryl methyl sites for hydroxylation is 1. The van der Waals surface area contributed by atoms with Crippen molar-refractivity contribution >= 4 is 23.3 Å². The van der Waals surface area contributed by atoms with Crippen molar-refractivity contribution in [3.8, 4) is 5.75 Å². The number of esters is 1. The monoisotopic (exact) mass is 505 g/mol. The largest absolute Gasteiger partial charge is 0.423 e. The molecule has 188 valence electrons. The summed E-state index contributed by atoms with van der Waals surface area (Å²) in [5.41, 5.74) is 3.15. The molecule has 0 spiro atoms. The van der Waals surface area contributed by atoms with Gasteiger partial charge < -0.3 is 4.74 Å². The van der Waals surface area contributed by atoms with Crippen molar-refractivity contribution in [1.29, 1.82) is 0 Å². The number of Topliss-reactive ketones (excluding diaryl/α,β-unsaturated/α-hetero) is 1. The highest BCUT2D eigenvalue weighted by Gasteiger charge is 2.47. The molecule has 0 amide bonds. The summed E-state index contributed by atoms with van der Waals surface area (Å²) in [4.78, 5) is 57.1. The van der Waals surface area contributed by atoms with E-state index in [4.69, 9.17) is 9.73 Å². The Labute approximate surface area is 217 Å². The summed E-state index contributed by atoms with van der Waals surface area (Å²) in [5, 5.41) is 0. The van der Waals surface area contributed by atoms with Gasteiger partial charge in [-0.25, -0.2) is 14.6 Å². The van der Waals surface area contributed by atoms with Crippen LogP contribution in [0.25, 0.3) is 0 Å². The van der Waals surface area contributed by atoms with Crippen molar-refractivity contribution in [3.05, 3.63) is 127 Å². The molecule has 2 unspecified atom stereocenters. The van der Waals surface area contributed by atoms with Gasteiger partial charge >= 0.3 is 11.7 Å². The molecule has 0 fully saturated rings. The van der Waals surface area contributed by atoms with Crippen molar-refractivity contribution in [3.63, 3.8) is 0 Å². The summed E-state index contributed by atoms with van der Waals surface area (Å²) < 4.78 is 7.94. The zero-order chi connectivity index (χ0) is 26.7. The molecule has 0 bridgehead atoms. The lowest BCUT2D eigenvalue weighted by Gasteiger charge is -2.30. The Morgan fingerprint density at radius 3 is 2.26 bits per heavy atom. The molecule has 8 nitrogen and oxygen atoms in total. The summed E-state index contributed by atoms with van der Waals surface area (Å²) >= 11 is 0. The van der Waals surface area contributed by atoms with Crippen LogP contribution in [0.5, 0.6) is 5.75 Å². The van der Waals surface area contributed by atoms with Gasteiger partial charge in [-0.2, -0.15) is 0 Å². The van der Waals surface area contributed by atoms with E-state index in [1.807, 2.05) is 25.1 Å². The van der Waals surface area contributed by atoms with E-state index >= 15 is 0 Å². The highest BCUT2D eigenvalue weighted by Crippen LogP contribution is 2.46. The topological polar surface area (TPSA) is 99.7 Å². The molecule has 2 atom stereocenters. The minimum absolute atomic E-state index is 0.124. The van der Waals surface area contributed by atoms with Crippen LogP contribution >= 0.6 is 0 Å². The number of carbonyl (C=O) groups is 2. The number of fused-ring (bicyclic) bond motifs is 4. The van der Waals surface area contributed by atoms with E-state index in [2.05, 4.69) is 0 Å². The third-order valence-corrected chi connectivity index (χ3v) is 7.29. The SMILES string of the molecule is Cc1cccc(C(=O)Oc2ccc(C3c4c(n(C)c(=O)n(C)c4=O)N=C4c5ccccc5C(=O)C43)cc2)c1. The first-order valence-electron chi connectivity index (χ1n) is 12.2. The van der Waals surface area contributed by atoms with E-state index in [1.165, 1.54) is 11.6 Å². The van der Waals surface area contributed by atoms with E-state index in [0.29, 0.717) is 33.7 Å². The van der Waals surface area contributed by atoms with Gasteiger partial charge in [-0.15, -0.1) is 0 Å². The number of nitrogens with zero attached hydrogens (tertiary/aromatic N) is 3. The van der Waals surface area contributed by atoms with Crippen molar-refractivity contribution in [2.75, 3.05) is 0 Å². The fourth-order valence-corrected chi connectivity index (χ4v) is 5.41. The Morgan fingerprint density at radius 1 is 0.842 bits per heavy atom. The number of hydrogen-bond donors (Lipinski definition) is 0. The lowest BCUT2D eigenvalue weighted by Crippen LogP contribution is -2.43. The molecule has 0 radical (unpaired) electrons. The van der Waals surface area contributed by atoms with Crippen LogP contribution in [0.3, 0.4) is 0 Å². The Kier molecular flexibility index (Phi) is 5.34. The quantitative estimate of drug-likeness (QED) is 0.312. The summed E-state index contributed by atoms with van der Waals surface area (Å²) in [5.74, 6) is -1.42. The van der Waals surface area contributed by atoms with Crippen LogP contribution in [0.1, 0.15) is 48.9 Å². The lowest BCUT2D eigenvalue weighted by molar-refractivity contribution is 0.0734. The number of aromatic nitrogens is 2. The number of benzene rings is 3. The summed E-state index contributed by atoms with van der Waals surface area (Å²) in [7, 11) is 2.99. The maximum absolute atomic E-state index is 13.6. The second kappa shape index (κ2) is 8.62. The molecule has 8 heteroatoms. The first-order chi connectivity index (χ1) is 18.3. The van der Waals surface area contributed by atoms with Crippen LogP contribution in [0.15, 0.2) is 87.4 Å². The zero-order valence-corrected chi connectivity index (χ0v) is 21.0. The highest BCUT2D eigenvalue weighted by atomic mass is 16.5. The minimum atomic E-state index is -0.717. The van der Waals surface area contributed by atoms with Crippen LogP contribution < -0.4 is 16.0 Å². The molecule has 6 rings (SSSR count). The Bertz CT molecular complexity index is 1810. The number of ether oxygens (including phenoxy) is 1. The molecule has 38 heavy (non-hydrogen) atoms. The van der Waals surface area contributed by atoms with E-state index in [0.717, 1.165) is 10.1 Å². The predicted octanol–water partition coefficient (Wildman–Crippen LogP) is 3.69. The van der Waals surface area contributed by atoms with Crippen molar-refractivity contribution in [2.24, 2.45) is 25.0 Å². The van der Waals surface area contributed by atoms with Crippen molar-refractivity contribution in [2.45, 2.75) is 12.8 Å². The van der Waals surface area contributed by atoms with Crippen LogP contribution in [-0.4, -0.2) is 26.6 Å². The molecule has 4 aromatic rings. The summed E-state index contributed by atoms with van der Waals surface area (Å²) in [6.45, 7) is 1.90. The van der Waals surface area contributed by atoms with Crippen molar-refractivity contribution in [1.82, 2.24) is 9.13 Å². The van der Waals surface area contributed by atoms with Gasteiger partial charge in [-0.1, -0.05) is 54.1 Å². The van der Waals surface area contributed by atoms with Crippen LogP contribution in [0.2, 0.25) is 0 Å². The van der Waals surface area contributed by atoms with Crippen molar-refractivity contribution < 1.29 is 14.3 Å². The Morgan fingerprint density at radius 2 is 1.55 bits per heavy atom. The van der Waals surface area contributed by atoms with Gasteiger partial charge in [0.15, 0.2) is 5.78 Å². The van der Waals surface area contributed by atoms with Gasteiger partial charge in [0.1, 0.15) is 11.6 Å². The molecule has 3 aromatic carbocycles. The smallest absolute Gasteiger partial charge is 0.343 e. The number of rotatable bonds is 3. The molecule has 1 aromatic heterocycles. The summed E-state index contributed by atoms with van der Waals surface area (Å²) in [6.07, 6.45) is 0. The lowest BCUT2D eigenvalue weighted by atomic mass is 9.76. The maximum Gasteiger partial charge on any atom is 0.343 e. The fraction of sp³-hybridized carbons (Fsp3) is 0.167. The molecule has 2 heterocycles. The molecule has 0 saturated carbocycles. The molecule has 1 aliphatic heterocycles. The second-order valence-corrected chi connectivity index (χ2v) is 9.63. The third kappa shape index (κ3) is 3.48. The minimum Gasteiger partial charge on any atom is -0.423 e. The normalized spacial score (nSPS) is 17.3. The van der Waals surface area contributed by atoms with E-state index < -0.39 is 29.1 Å².